The number of aliphatic hydroxyl groups is 1. The van der Waals surface area contributed by atoms with Crippen LogP contribution in [-0.2, 0) is 0 Å². The van der Waals surface area contributed by atoms with Gasteiger partial charge in [0.1, 0.15) is 40.3 Å². The molecule has 3 atom stereocenters. The third-order valence-corrected chi connectivity index (χ3v) is 6.60. The van der Waals surface area contributed by atoms with Gasteiger partial charge < -0.3 is 30.1 Å². The van der Waals surface area contributed by atoms with Crippen LogP contribution in [0, 0.1) is 5.82 Å². The summed E-state index contributed by atoms with van der Waals surface area (Å²) < 4.78 is 20.7. The van der Waals surface area contributed by atoms with Gasteiger partial charge in [0.25, 0.3) is 5.91 Å². The van der Waals surface area contributed by atoms with Gasteiger partial charge in [0.15, 0.2) is 5.75 Å². The van der Waals surface area contributed by atoms with Crippen LogP contribution in [0.1, 0.15) is 17.3 Å². The van der Waals surface area contributed by atoms with E-state index in [1.54, 1.807) is 9.80 Å². The Morgan fingerprint density at radius 1 is 1.32 bits per heavy atom. The number of anilines is 1. The maximum atomic E-state index is 14.7. The summed E-state index contributed by atoms with van der Waals surface area (Å²) in [5.74, 6) is -0.894. The van der Waals surface area contributed by atoms with Crippen molar-refractivity contribution < 1.29 is 24.1 Å². The van der Waals surface area contributed by atoms with Crippen LogP contribution in [0.2, 0.25) is 5.02 Å². The van der Waals surface area contributed by atoms with Gasteiger partial charge in [0.2, 0.25) is 0 Å². The normalized spacial score (nSPS) is 25.3. The number of amides is 1. The quantitative estimate of drug-likeness (QED) is 0.642. The Kier molecular flexibility index (Phi) is 4.91. The van der Waals surface area contributed by atoms with Crippen LogP contribution in [0.4, 0.5) is 10.2 Å². The molecule has 0 aliphatic carbocycles. The van der Waals surface area contributed by atoms with Crippen LogP contribution < -0.4 is 15.0 Å². The Labute approximate surface area is 183 Å². The zero-order valence-electron chi connectivity index (χ0n) is 16.8. The lowest BCUT2D eigenvalue weighted by Crippen LogP contribution is -2.59. The highest BCUT2D eigenvalue weighted by Crippen LogP contribution is 2.46. The topological polar surface area (TPSA) is 98.2 Å². The van der Waals surface area contributed by atoms with Crippen molar-refractivity contribution in [1.29, 1.82) is 0 Å². The van der Waals surface area contributed by atoms with Crippen molar-refractivity contribution in [3.8, 4) is 22.8 Å². The molecule has 2 fully saturated rings. The molecule has 1 amide bonds. The molecule has 2 saturated heterocycles. The van der Waals surface area contributed by atoms with Crippen LogP contribution in [0.25, 0.3) is 11.3 Å². The lowest BCUT2D eigenvalue weighted by Gasteiger charge is -2.45. The van der Waals surface area contributed by atoms with Gasteiger partial charge in [-0.05, 0) is 19.1 Å². The number of carbonyl (C=O) groups is 1. The van der Waals surface area contributed by atoms with Gasteiger partial charge in [-0.25, -0.2) is 9.37 Å². The number of carbonyl (C=O) groups excluding carboxylic acids is 1. The molecule has 10 heteroatoms. The fraction of sp³-hybridized carbons (Fsp3) is 0.429. The number of aromatic hydroxyl groups is 1. The monoisotopic (exact) mass is 448 g/mol. The lowest BCUT2D eigenvalue weighted by molar-refractivity contribution is 0.0604. The first-order valence-electron chi connectivity index (χ1n) is 10.2. The van der Waals surface area contributed by atoms with Gasteiger partial charge in [0, 0.05) is 26.2 Å². The van der Waals surface area contributed by atoms with E-state index in [-0.39, 0.29) is 70.3 Å². The molecule has 8 nitrogen and oxygen atoms in total. The van der Waals surface area contributed by atoms with Gasteiger partial charge in [-0.3, -0.25) is 4.79 Å². The Balaban J connectivity index is 1.74. The maximum absolute atomic E-state index is 14.7. The number of rotatable bonds is 2. The van der Waals surface area contributed by atoms with Gasteiger partial charge >= 0.3 is 0 Å². The molecule has 3 aliphatic heterocycles. The molecule has 164 valence electrons. The standard InChI is InChI=1S/C21H22ClFN4O4/c1-10-14(29)8-27(10)20-16-19(31-9-11-7-24-5-6-26(11)21(16)30)17(22)18(25-20)15-12(23)3-2-4-13(15)28/h2-4,10-11,14,24,28-29H,5-9H2,1H3/t10?,11-,14?/m1/s1. The molecule has 2 unspecified atom stereocenters. The third-order valence-electron chi connectivity index (χ3n) is 6.25. The van der Waals surface area contributed by atoms with Crippen LogP contribution in [0.15, 0.2) is 18.2 Å². The lowest BCUT2D eigenvalue weighted by atomic mass is 9.98. The van der Waals surface area contributed by atoms with E-state index in [1.807, 2.05) is 6.92 Å². The van der Waals surface area contributed by atoms with E-state index >= 15 is 0 Å². The second-order valence-corrected chi connectivity index (χ2v) is 8.44. The van der Waals surface area contributed by atoms with E-state index in [4.69, 9.17) is 16.3 Å². The zero-order chi connectivity index (χ0) is 21.9. The van der Waals surface area contributed by atoms with Gasteiger partial charge in [-0.15, -0.1) is 0 Å². The van der Waals surface area contributed by atoms with Gasteiger partial charge in [0.05, 0.1) is 23.8 Å². The number of nitrogens with one attached hydrogen (secondary N) is 1. The van der Waals surface area contributed by atoms with Crippen LogP contribution in [0.3, 0.4) is 0 Å². The summed E-state index contributed by atoms with van der Waals surface area (Å²) in [6, 6.07) is 3.45. The highest BCUT2D eigenvalue weighted by atomic mass is 35.5. The number of fused-ring (bicyclic) bond motifs is 2. The molecule has 3 aliphatic rings. The molecule has 31 heavy (non-hydrogen) atoms. The van der Waals surface area contributed by atoms with E-state index in [2.05, 4.69) is 10.3 Å². The van der Waals surface area contributed by atoms with Crippen molar-refractivity contribution in [2.45, 2.75) is 25.1 Å². The maximum Gasteiger partial charge on any atom is 0.261 e. The van der Waals surface area contributed by atoms with Crippen LogP contribution in [-0.4, -0.2) is 77.0 Å². The summed E-state index contributed by atoms with van der Waals surface area (Å²) in [5.41, 5.74) is 0.0306. The van der Waals surface area contributed by atoms with Crippen molar-refractivity contribution in [2.24, 2.45) is 0 Å². The first-order chi connectivity index (χ1) is 14.9. The molecule has 4 heterocycles. The number of nitrogens with zero attached hydrogens (tertiary/aromatic N) is 3. The predicted octanol–water partition coefficient (Wildman–Crippen LogP) is 1.62. The minimum absolute atomic E-state index is 0.00889. The molecule has 1 aromatic carbocycles. The summed E-state index contributed by atoms with van der Waals surface area (Å²) >= 11 is 6.62. The summed E-state index contributed by atoms with van der Waals surface area (Å²) in [6.45, 7) is 4.05. The summed E-state index contributed by atoms with van der Waals surface area (Å²) in [5, 5.41) is 23.6. The number of benzene rings is 1. The zero-order valence-corrected chi connectivity index (χ0v) is 17.6. The molecule has 0 bridgehead atoms. The van der Waals surface area contributed by atoms with Gasteiger partial charge in [-0.2, -0.15) is 0 Å². The largest absolute Gasteiger partial charge is 0.507 e. The summed E-state index contributed by atoms with van der Waals surface area (Å²) in [6.07, 6.45) is -0.577. The Bertz CT molecular complexity index is 1050. The molecule has 1 aromatic heterocycles. The minimum atomic E-state index is -0.696. The number of phenolic OH excluding ortho intramolecular Hbond substituents is 1. The van der Waals surface area contributed by atoms with Crippen molar-refractivity contribution in [2.75, 3.05) is 37.7 Å². The summed E-state index contributed by atoms with van der Waals surface area (Å²) in [4.78, 5) is 21.6. The number of hydrogen-bond acceptors (Lipinski definition) is 7. The molecule has 5 rings (SSSR count). The van der Waals surface area contributed by atoms with Crippen LogP contribution >= 0.6 is 11.6 Å². The first-order valence-corrected chi connectivity index (χ1v) is 10.6. The SMILES string of the molecule is CC1C(O)CN1c1nc(-c2c(O)cccc2F)c(Cl)c2c1C(=O)N1CCNC[C@@H]1CO2. The predicted molar refractivity (Wildman–Crippen MR) is 112 cm³/mol. The van der Waals surface area contributed by atoms with E-state index in [9.17, 15) is 19.4 Å². The number of β-amino-alcohol motifs (C(OH)–C–C–N with tert-alkyl or cyclic N) is 1. The van der Waals surface area contributed by atoms with Crippen molar-refractivity contribution >= 4 is 23.3 Å². The average Bonchev–Trinajstić information content (AvgIpc) is 2.91. The molecule has 2 aromatic rings. The number of aliphatic hydroxyl groups excluding tert-OH is 1. The summed E-state index contributed by atoms with van der Waals surface area (Å²) in [7, 11) is 0. The number of pyridine rings is 1. The first kappa shape index (κ1) is 20.3. The third kappa shape index (κ3) is 3.10. The van der Waals surface area contributed by atoms with Crippen LogP contribution in [0.5, 0.6) is 11.5 Å². The number of piperazine rings is 1. The highest BCUT2D eigenvalue weighted by molar-refractivity contribution is 6.35. The number of phenols is 1. The van der Waals surface area contributed by atoms with E-state index in [1.165, 1.54) is 18.2 Å². The number of hydrogen-bond donors (Lipinski definition) is 3. The number of halogens is 2. The average molecular weight is 449 g/mol. The van der Waals surface area contributed by atoms with E-state index < -0.39 is 11.9 Å². The van der Waals surface area contributed by atoms with Crippen molar-refractivity contribution in [3.05, 3.63) is 34.6 Å². The second kappa shape index (κ2) is 7.51. The Morgan fingerprint density at radius 2 is 2.13 bits per heavy atom. The molecule has 0 saturated carbocycles. The fourth-order valence-electron chi connectivity index (χ4n) is 4.35. The molecule has 0 spiro atoms. The Hall–Kier alpha value is -2.62. The fourth-order valence-corrected chi connectivity index (χ4v) is 4.63. The van der Waals surface area contributed by atoms with E-state index in [0.29, 0.717) is 19.6 Å². The molecular formula is C21H22ClFN4O4. The van der Waals surface area contributed by atoms with Crippen molar-refractivity contribution in [3.63, 3.8) is 0 Å². The smallest absolute Gasteiger partial charge is 0.261 e. The number of ether oxygens (including phenoxy) is 1. The van der Waals surface area contributed by atoms with E-state index in [0.717, 1.165) is 0 Å². The molecular weight excluding hydrogens is 427 g/mol. The van der Waals surface area contributed by atoms with Gasteiger partial charge in [-0.1, -0.05) is 17.7 Å². The molecule has 0 radical (unpaired) electrons. The second-order valence-electron chi connectivity index (χ2n) is 8.06. The van der Waals surface area contributed by atoms with Crippen molar-refractivity contribution in [1.82, 2.24) is 15.2 Å². The highest BCUT2D eigenvalue weighted by Gasteiger charge is 2.43. The Morgan fingerprint density at radius 3 is 2.84 bits per heavy atom. The number of aromatic nitrogens is 1. The molecule has 3 N–H and O–H groups in total. The minimum Gasteiger partial charge on any atom is -0.507 e.